The first kappa shape index (κ1) is 17.6. The Labute approximate surface area is 131 Å². The van der Waals surface area contributed by atoms with Gasteiger partial charge < -0.3 is 5.73 Å². The molecule has 0 bridgehead atoms. The molecule has 116 valence electrons. The lowest BCUT2D eigenvalue weighted by Crippen LogP contribution is -2.34. The van der Waals surface area contributed by atoms with Gasteiger partial charge in [-0.3, -0.25) is 14.5 Å². The Morgan fingerprint density at radius 2 is 1.64 bits per heavy atom. The van der Waals surface area contributed by atoms with E-state index in [-0.39, 0.29) is 11.8 Å². The molecule has 0 aliphatic carbocycles. The van der Waals surface area contributed by atoms with Gasteiger partial charge in [0.05, 0.1) is 6.54 Å². The lowest BCUT2D eigenvalue weighted by atomic mass is 10.1. The summed E-state index contributed by atoms with van der Waals surface area (Å²) in [7, 11) is 1.50. The summed E-state index contributed by atoms with van der Waals surface area (Å²) in [5.41, 5.74) is 7.08. The van der Waals surface area contributed by atoms with Crippen molar-refractivity contribution in [3.63, 3.8) is 0 Å². The third-order valence-corrected chi connectivity index (χ3v) is 3.07. The maximum absolute atomic E-state index is 12.4. The molecule has 0 heterocycles. The number of amides is 2. The summed E-state index contributed by atoms with van der Waals surface area (Å²) < 4.78 is 0. The van der Waals surface area contributed by atoms with Gasteiger partial charge in [0.1, 0.15) is 0 Å². The predicted molar refractivity (Wildman–Crippen MR) is 88.3 cm³/mol. The van der Waals surface area contributed by atoms with Gasteiger partial charge in [0.25, 0.3) is 5.91 Å². The fraction of sp³-hybridized carbons (Fsp3) is 0.222. The monoisotopic (exact) mass is 298 g/mol. The summed E-state index contributed by atoms with van der Waals surface area (Å²) in [6.07, 6.45) is 0. The molecule has 2 aromatic rings. The fourth-order valence-corrected chi connectivity index (χ4v) is 2.06. The van der Waals surface area contributed by atoms with Crippen molar-refractivity contribution in [3.8, 4) is 0 Å². The zero-order chi connectivity index (χ0) is 16.5. The molecule has 0 atom stereocenters. The van der Waals surface area contributed by atoms with Crippen molar-refractivity contribution in [3.05, 3.63) is 71.3 Å². The number of carbonyl (C=O) groups is 2. The Morgan fingerprint density at radius 3 is 2.18 bits per heavy atom. The standard InChI is InChI=1S/C17H17NO2.CH5N/c1-13-7-6-8-15(11-13)12-18(14(2)19)17(20)16-9-4-3-5-10-16;1-2/h3-11H,12H2,1-2H3;2H2,1H3. The molecular weight excluding hydrogens is 276 g/mol. The molecule has 2 aromatic carbocycles. The highest BCUT2D eigenvalue weighted by molar-refractivity contribution is 6.03. The first-order chi connectivity index (χ1) is 10.6. The first-order valence-electron chi connectivity index (χ1n) is 7.08. The number of hydrogen-bond acceptors (Lipinski definition) is 3. The molecule has 0 fully saturated rings. The van der Waals surface area contributed by atoms with E-state index in [0.29, 0.717) is 12.1 Å². The molecule has 4 nitrogen and oxygen atoms in total. The van der Waals surface area contributed by atoms with Crippen LogP contribution < -0.4 is 5.73 Å². The molecule has 2 amide bonds. The molecule has 22 heavy (non-hydrogen) atoms. The molecule has 0 spiro atoms. The van der Waals surface area contributed by atoms with Crippen molar-refractivity contribution in [2.45, 2.75) is 20.4 Å². The molecule has 0 aliphatic rings. The number of aryl methyl sites for hydroxylation is 1. The molecule has 0 unspecified atom stereocenters. The van der Waals surface area contributed by atoms with E-state index < -0.39 is 0 Å². The van der Waals surface area contributed by atoms with Gasteiger partial charge in [-0.2, -0.15) is 0 Å². The highest BCUT2D eigenvalue weighted by atomic mass is 16.2. The van der Waals surface area contributed by atoms with E-state index in [1.807, 2.05) is 37.3 Å². The normalized spacial score (nSPS) is 9.45. The number of hydrogen-bond donors (Lipinski definition) is 1. The fourth-order valence-electron chi connectivity index (χ4n) is 2.06. The number of benzene rings is 2. The van der Waals surface area contributed by atoms with Crippen LogP contribution in [-0.2, 0) is 11.3 Å². The van der Waals surface area contributed by atoms with E-state index in [4.69, 9.17) is 0 Å². The van der Waals surface area contributed by atoms with Gasteiger partial charge in [0.2, 0.25) is 5.91 Å². The quantitative estimate of drug-likeness (QED) is 0.947. The lowest BCUT2D eigenvalue weighted by molar-refractivity contribution is -0.126. The predicted octanol–water partition coefficient (Wildman–Crippen LogP) is 2.76. The van der Waals surface area contributed by atoms with Crippen LogP contribution in [0.15, 0.2) is 54.6 Å². The number of imide groups is 1. The van der Waals surface area contributed by atoms with Crippen LogP contribution in [0.1, 0.15) is 28.4 Å². The van der Waals surface area contributed by atoms with E-state index in [9.17, 15) is 9.59 Å². The van der Waals surface area contributed by atoms with Crippen molar-refractivity contribution in [1.29, 1.82) is 0 Å². The molecule has 2 rings (SSSR count). The first-order valence-corrected chi connectivity index (χ1v) is 7.08. The topological polar surface area (TPSA) is 63.4 Å². The van der Waals surface area contributed by atoms with Gasteiger partial charge in [-0.05, 0) is 31.7 Å². The zero-order valence-electron chi connectivity index (χ0n) is 13.2. The maximum Gasteiger partial charge on any atom is 0.260 e. The van der Waals surface area contributed by atoms with E-state index in [1.165, 1.54) is 18.9 Å². The third-order valence-electron chi connectivity index (χ3n) is 3.07. The van der Waals surface area contributed by atoms with Crippen molar-refractivity contribution in [2.75, 3.05) is 7.05 Å². The van der Waals surface area contributed by atoms with Crippen LogP contribution in [0.4, 0.5) is 0 Å². The molecule has 2 N–H and O–H groups in total. The Bertz CT molecular complexity index is 624. The van der Waals surface area contributed by atoms with Gasteiger partial charge in [-0.15, -0.1) is 0 Å². The summed E-state index contributed by atoms with van der Waals surface area (Å²) in [4.78, 5) is 25.4. The smallest absolute Gasteiger partial charge is 0.260 e. The molecule has 0 saturated carbocycles. The average Bonchev–Trinajstić information content (AvgIpc) is 2.54. The third kappa shape index (κ3) is 4.82. The largest absolute Gasteiger partial charge is 0.333 e. The Hall–Kier alpha value is -2.46. The Morgan fingerprint density at radius 1 is 1.00 bits per heavy atom. The zero-order valence-corrected chi connectivity index (χ0v) is 13.2. The molecule has 0 aromatic heterocycles. The number of rotatable bonds is 3. The summed E-state index contributed by atoms with van der Waals surface area (Å²) in [5.74, 6) is -0.514. The average molecular weight is 298 g/mol. The van der Waals surface area contributed by atoms with Crippen molar-refractivity contribution >= 4 is 11.8 Å². The van der Waals surface area contributed by atoms with Gasteiger partial charge in [-0.25, -0.2) is 0 Å². The molecule has 4 heteroatoms. The van der Waals surface area contributed by atoms with Gasteiger partial charge in [-0.1, -0.05) is 48.0 Å². The Kier molecular flexibility index (Phi) is 6.99. The minimum absolute atomic E-state index is 0.250. The highest BCUT2D eigenvalue weighted by Crippen LogP contribution is 2.12. The molecule has 0 aliphatic heterocycles. The second-order valence-electron chi connectivity index (χ2n) is 4.77. The van der Waals surface area contributed by atoms with E-state index in [0.717, 1.165) is 11.1 Å². The van der Waals surface area contributed by atoms with Crippen LogP contribution in [0, 0.1) is 6.92 Å². The number of nitrogens with two attached hydrogens (primary N) is 1. The maximum atomic E-state index is 12.4. The van der Waals surface area contributed by atoms with E-state index in [1.54, 1.807) is 24.3 Å². The van der Waals surface area contributed by atoms with E-state index >= 15 is 0 Å². The molecule has 0 saturated heterocycles. The Balaban J connectivity index is 0.00000116. The minimum Gasteiger partial charge on any atom is -0.333 e. The van der Waals surface area contributed by atoms with Crippen LogP contribution in [0.25, 0.3) is 0 Å². The summed E-state index contributed by atoms with van der Waals surface area (Å²) in [5, 5.41) is 0. The van der Waals surface area contributed by atoms with Crippen molar-refractivity contribution in [2.24, 2.45) is 5.73 Å². The van der Waals surface area contributed by atoms with E-state index in [2.05, 4.69) is 5.73 Å². The lowest BCUT2D eigenvalue weighted by Gasteiger charge is -2.19. The minimum atomic E-state index is -0.264. The number of carbonyl (C=O) groups excluding carboxylic acids is 2. The number of nitrogens with zero attached hydrogens (tertiary/aromatic N) is 1. The van der Waals surface area contributed by atoms with Gasteiger partial charge in [0, 0.05) is 12.5 Å². The summed E-state index contributed by atoms with van der Waals surface area (Å²) in [6.45, 7) is 3.70. The van der Waals surface area contributed by atoms with Crippen LogP contribution in [0.2, 0.25) is 0 Å². The summed E-state index contributed by atoms with van der Waals surface area (Å²) >= 11 is 0. The second kappa shape index (κ2) is 8.74. The van der Waals surface area contributed by atoms with Crippen molar-refractivity contribution in [1.82, 2.24) is 4.90 Å². The highest BCUT2D eigenvalue weighted by Gasteiger charge is 2.19. The summed E-state index contributed by atoms with van der Waals surface area (Å²) in [6, 6.07) is 16.7. The second-order valence-corrected chi connectivity index (χ2v) is 4.77. The van der Waals surface area contributed by atoms with Crippen LogP contribution in [0.5, 0.6) is 0 Å². The molecule has 0 radical (unpaired) electrons. The van der Waals surface area contributed by atoms with Crippen LogP contribution in [0.3, 0.4) is 0 Å². The molecular formula is C18H22N2O2. The van der Waals surface area contributed by atoms with Gasteiger partial charge in [0.15, 0.2) is 0 Å². The van der Waals surface area contributed by atoms with Crippen molar-refractivity contribution < 1.29 is 9.59 Å². The van der Waals surface area contributed by atoms with Crippen LogP contribution >= 0.6 is 0 Å². The SMILES string of the molecule is CC(=O)N(Cc1cccc(C)c1)C(=O)c1ccccc1.CN. The van der Waals surface area contributed by atoms with Crippen LogP contribution in [-0.4, -0.2) is 23.8 Å². The van der Waals surface area contributed by atoms with Gasteiger partial charge >= 0.3 is 0 Å².